The van der Waals surface area contributed by atoms with Crippen LogP contribution in [0, 0.1) is 22.6 Å². The lowest BCUT2D eigenvalue weighted by Gasteiger charge is -2.36. The molecule has 0 atom stereocenters. The maximum Gasteiger partial charge on any atom is 0.257 e. The van der Waals surface area contributed by atoms with Gasteiger partial charge in [0.1, 0.15) is 17.6 Å². The second-order valence-corrected chi connectivity index (χ2v) is 11.4. The van der Waals surface area contributed by atoms with Crippen molar-refractivity contribution in [2.24, 2.45) is 5.41 Å². The number of hydrogen-bond acceptors (Lipinski definition) is 6. The van der Waals surface area contributed by atoms with Crippen LogP contribution in [0.15, 0.2) is 41.3 Å². The maximum absolute atomic E-state index is 14.0. The van der Waals surface area contributed by atoms with Crippen LogP contribution in [0.5, 0.6) is 5.75 Å². The van der Waals surface area contributed by atoms with Crippen molar-refractivity contribution in [3.8, 4) is 11.8 Å². The minimum absolute atomic E-state index is 0.0129. The Bertz CT molecular complexity index is 1190. The number of carbonyl (C=O) groups is 1. The van der Waals surface area contributed by atoms with Crippen LogP contribution < -0.4 is 9.64 Å². The molecule has 7 nitrogen and oxygen atoms in total. The molecule has 2 aromatic rings. The first-order valence-electron chi connectivity index (χ1n) is 10.6. The zero-order valence-electron chi connectivity index (χ0n) is 19.3. The molecule has 0 bridgehead atoms. The second-order valence-electron chi connectivity index (χ2n) is 9.33. The van der Waals surface area contributed by atoms with Gasteiger partial charge in [-0.05, 0) is 41.8 Å². The Morgan fingerprint density at radius 3 is 2.33 bits per heavy atom. The zero-order valence-corrected chi connectivity index (χ0v) is 20.1. The summed E-state index contributed by atoms with van der Waals surface area (Å²) >= 11 is 0. The molecule has 0 radical (unpaired) electrons. The number of benzene rings is 2. The van der Waals surface area contributed by atoms with E-state index in [0.29, 0.717) is 44.2 Å². The number of anilines is 1. The number of piperazine rings is 1. The van der Waals surface area contributed by atoms with E-state index in [2.05, 4.69) is 0 Å². The quantitative estimate of drug-likeness (QED) is 0.660. The molecule has 0 aromatic heterocycles. The highest BCUT2D eigenvalue weighted by Crippen LogP contribution is 2.27. The predicted molar refractivity (Wildman–Crippen MR) is 124 cm³/mol. The van der Waals surface area contributed by atoms with E-state index in [4.69, 9.17) is 10.00 Å². The van der Waals surface area contributed by atoms with E-state index < -0.39 is 15.7 Å². The number of ether oxygens (including phenoxy) is 1. The molecule has 0 aliphatic carbocycles. The Labute approximate surface area is 194 Å². The van der Waals surface area contributed by atoms with Crippen molar-refractivity contribution < 1.29 is 22.3 Å². The lowest BCUT2D eigenvalue weighted by Crippen LogP contribution is -2.49. The Morgan fingerprint density at radius 2 is 1.79 bits per heavy atom. The van der Waals surface area contributed by atoms with Gasteiger partial charge in [0.05, 0.1) is 22.6 Å². The van der Waals surface area contributed by atoms with E-state index in [9.17, 15) is 17.6 Å². The number of hydrogen-bond donors (Lipinski definition) is 0. The fraction of sp³-hybridized carbons (Fsp3) is 0.417. The first kappa shape index (κ1) is 24.5. The number of rotatable bonds is 5. The van der Waals surface area contributed by atoms with Crippen molar-refractivity contribution in [1.82, 2.24) is 4.90 Å². The predicted octanol–water partition coefficient (Wildman–Crippen LogP) is 3.49. The van der Waals surface area contributed by atoms with Crippen LogP contribution in [0.1, 0.15) is 36.7 Å². The lowest BCUT2D eigenvalue weighted by molar-refractivity contribution is 0.0739. The molecule has 1 saturated heterocycles. The Balaban J connectivity index is 1.80. The minimum Gasteiger partial charge on any atom is -0.492 e. The molecule has 3 rings (SSSR count). The normalized spacial score (nSPS) is 14.7. The van der Waals surface area contributed by atoms with E-state index in [1.807, 2.05) is 25.7 Å². The molecule has 0 unspecified atom stereocenters. The third kappa shape index (κ3) is 6.02. The van der Waals surface area contributed by atoms with Crippen LogP contribution in [0.4, 0.5) is 10.1 Å². The molecule has 0 saturated carbocycles. The Morgan fingerprint density at radius 1 is 1.12 bits per heavy atom. The summed E-state index contributed by atoms with van der Waals surface area (Å²) in [6, 6.07) is 10.6. The summed E-state index contributed by atoms with van der Waals surface area (Å²) in [4.78, 5) is 17.0. The smallest absolute Gasteiger partial charge is 0.257 e. The van der Waals surface area contributed by atoms with Crippen LogP contribution in [0.3, 0.4) is 0 Å². The van der Waals surface area contributed by atoms with Crippen LogP contribution in [0.2, 0.25) is 0 Å². The van der Waals surface area contributed by atoms with Crippen LogP contribution in [0.25, 0.3) is 0 Å². The fourth-order valence-electron chi connectivity index (χ4n) is 3.46. The van der Waals surface area contributed by atoms with E-state index >= 15 is 0 Å². The molecule has 2 aromatic carbocycles. The summed E-state index contributed by atoms with van der Waals surface area (Å²) in [6.07, 6.45) is 1.10. The number of sulfone groups is 1. The molecule has 1 heterocycles. The summed E-state index contributed by atoms with van der Waals surface area (Å²) in [5.74, 6) is -0.541. The summed E-state index contributed by atoms with van der Waals surface area (Å²) < 4.78 is 44.0. The standard InChI is InChI=1S/C24H28FN3O4S/c1-24(2,3)16-32-22-8-7-19(33(4,30)31)14-20(22)23(29)28-11-9-27(10-12-28)18-6-5-17(15-26)21(25)13-18/h5-8,13-14H,9-12,16H2,1-4H3. The molecular formula is C24H28FN3O4S. The van der Waals surface area contributed by atoms with Gasteiger partial charge in [-0.15, -0.1) is 0 Å². The first-order chi connectivity index (χ1) is 15.4. The summed E-state index contributed by atoms with van der Waals surface area (Å²) in [6.45, 7) is 8.08. The lowest BCUT2D eigenvalue weighted by atomic mass is 9.98. The summed E-state index contributed by atoms with van der Waals surface area (Å²) in [7, 11) is -3.50. The van der Waals surface area contributed by atoms with Gasteiger partial charge in [0.2, 0.25) is 0 Å². The molecule has 1 amide bonds. The van der Waals surface area contributed by atoms with Gasteiger partial charge < -0.3 is 14.5 Å². The molecule has 0 spiro atoms. The van der Waals surface area contributed by atoms with Crippen molar-refractivity contribution in [2.45, 2.75) is 25.7 Å². The maximum atomic E-state index is 14.0. The minimum atomic E-state index is -3.50. The molecule has 1 aliphatic heterocycles. The average Bonchev–Trinajstić information content (AvgIpc) is 2.76. The van der Waals surface area contributed by atoms with Crippen molar-refractivity contribution in [3.05, 3.63) is 53.3 Å². The van der Waals surface area contributed by atoms with Gasteiger partial charge in [-0.25, -0.2) is 12.8 Å². The average molecular weight is 474 g/mol. The monoisotopic (exact) mass is 473 g/mol. The molecule has 9 heteroatoms. The Kier molecular flexibility index (Phi) is 6.98. The van der Waals surface area contributed by atoms with Gasteiger partial charge in [0.25, 0.3) is 5.91 Å². The largest absolute Gasteiger partial charge is 0.492 e. The topological polar surface area (TPSA) is 90.7 Å². The van der Waals surface area contributed by atoms with Crippen molar-refractivity contribution in [1.29, 1.82) is 5.26 Å². The zero-order chi connectivity index (χ0) is 24.4. The summed E-state index contributed by atoms with van der Waals surface area (Å²) in [5.41, 5.74) is 0.700. The Hall–Kier alpha value is -3.12. The SMILES string of the molecule is CC(C)(C)COc1ccc(S(C)(=O)=O)cc1C(=O)N1CCN(c2ccc(C#N)c(F)c2)CC1. The third-order valence-electron chi connectivity index (χ3n) is 5.28. The van der Waals surface area contributed by atoms with Gasteiger partial charge in [-0.2, -0.15) is 5.26 Å². The van der Waals surface area contributed by atoms with Gasteiger partial charge in [0, 0.05) is 38.1 Å². The van der Waals surface area contributed by atoms with Gasteiger partial charge in [0.15, 0.2) is 9.84 Å². The molecule has 0 N–H and O–H groups in total. The number of halogens is 1. The highest BCUT2D eigenvalue weighted by Gasteiger charge is 2.27. The van der Waals surface area contributed by atoms with Crippen molar-refractivity contribution in [3.63, 3.8) is 0 Å². The molecule has 1 aliphatic rings. The highest BCUT2D eigenvalue weighted by molar-refractivity contribution is 7.90. The number of nitriles is 1. The van der Waals surface area contributed by atoms with Crippen molar-refractivity contribution in [2.75, 3.05) is 43.9 Å². The molecule has 176 valence electrons. The van der Waals surface area contributed by atoms with Crippen molar-refractivity contribution >= 4 is 21.4 Å². The fourth-order valence-corrected chi connectivity index (χ4v) is 4.10. The first-order valence-corrected chi connectivity index (χ1v) is 12.5. The van der Waals surface area contributed by atoms with E-state index in [1.165, 1.54) is 30.3 Å². The summed E-state index contributed by atoms with van der Waals surface area (Å²) in [5, 5.41) is 8.90. The third-order valence-corrected chi connectivity index (χ3v) is 6.39. The van der Waals surface area contributed by atoms with E-state index in [1.54, 1.807) is 17.0 Å². The van der Waals surface area contributed by atoms with Crippen LogP contribution >= 0.6 is 0 Å². The molecule has 1 fully saturated rings. The number of amides is 1. The van der Waals surface area contributed by atoms with Gasteiger partial charge >= 0.3 is 0 Å². The van der Waals surface area contributed by atoms with E-state index in [0.717, 1.165) is 6.26 Å². The van der Waals surface area contributed by atoms with Gasteiger partial charge in [-0.3, -0.25) is 4.79 Å². The van der Waals surface area contributed by atoms with Crippen LogP contribution in [-0.4, -0.2) is 58.3 Å². The highest BCUT2D eigenvalue weighted by atomic mass is 32.2. The number of carbonyl (C=O) groups excluding carboxylic acids is 1. The molecular weight excluding hydrogens is 445 g/mol. The van der Waals surface area contributed by atoms with Gasteiger partial charge in [-0.1, -0.05) is 20.8 Å². The molecule has 33 heavy (non-hydrogen) atoms. The second kappa shape index (κ2) is 9.40. The van der Waals surface area contributed by atoms with E-state index in [-0.39, 0.29) is 27.3 Å². The number of nitrogens with zero attached hydrogens (tertiary/aromatic N) is 3. The van der Waals surface area contributed by atoms with Crippen LogP contribution in [-0.2, 0) is 9.84 Å².